The molecule has 0 amide bonds. The van der Waals surface area contributed by atoms with Gasteiger partial charge in [0.05, 0.1) is 0 Å². The Morgan fingerprint density at radius 2 is 1.09 bits per heavy atom. The van der Waals surface area contributed by atoms with Crippen LogP contribution in [-0.4, -0.2) is 22.6 Å². The lowest BCUT2D eigenvalue weighted by atomic mass is 9.97. The first-order valence-electron chi connectivity index (χ1n) is 8.35. The Balaban J connectivity index is 4.09. The molecule has 0 aliphatic rings. The number of carbonyl (C=O) groups is 3. The van der Waals surface area contributed by atoms with E-state index >= 15 is 0 Å². The third-order valence-corrected chi connectivity index (χ3v) is 3.95. The summed E-state index contributed by atoms with van der Waals surface area (Å²) < 4.78 is 0. The SMILES string of the molecule is CCCCCC(=O)C(C)=C(C)C(=O)CCCCCCC(=O)O. The van der Waals surface area contributed by atoms with Gasteiger partial charge in [0.25, 0.3) is 0 Å². The number of aliphatic carboxylic acids is 1. The van der Waals surface area contributed by atoms with Crippen LogP contribution in [0.5, 0.6) is 0 Å². The molecule has 22 heavy (non-hydrogen) atoms. The number of carbonyl (C=O) groups excluding carboxylic acids is 2. The van der Waals surface area contributed by atoms with E-state index in [2.05, 4.69) is 6.92 Å². The summed E-state index contributed by atoms with van der Waals surface area (Å²) in [5, 5.41) is 8.53. The van der Waals surface area contributed by atoms with E-state index in [0.717, 1.165) is 38.5 Å². The van der Waals surface area contributed by atoms with Gasteiger partial charge in [-0.05, 0) is 44.3 Å². The predicted molar refractivity (Wildman–Crippen MR) is 87.9 cm³/mol. The van der Waals surface area contributed by atoms with Crippen LogP contribution in [0.15, 0.2) is 11.1 Å². The van der Waals surface area contributed by atoms with Crippen LogP contribution in [0.2, 0.25) is 0 Å². The van der Waals surface area contributed by atoms with Crippen molar-refractivity contribution < 1.29 is 19.5 Å². The molecular formula is C18H30O4. The molecule has 4 nitrogen and oxygen atoms in total. The van der Waals surface area contributed by atoms with Gasteiger partial charge in [-0.2, -0.15) is 0 Å². The third kappa shape index (κ3) is 9.48. The largest absolute Gasteiger partial charge is 0.481 e. The summed E-state index contributed by atoms with van der Waals surface area (Å²) in [5.41, 5.74) is 1.19. The normalized spacial score (nSPS) is 12.0. The van der Waals surface area contributed by atoms with E-state index in [-0.39, 0.29) is 18.0 Å². The number of ketones is 2. The van der Waals surface area contributed by atoms with E-state index in [4.69, 9.17) is 5.11 Å². The second-order valence-electron chi connectivity index (χ2n) is 5.86. The molecule has 0 saturated heterocycles. The lowest BCUT2D eigenvalue weighted by Crippen LogP contribution is -2.08. The molecular weight excluding hydrogens is 280 g/mol. The number of hydrogen-bond donors (Lipinski definition) is 1. The van der Waals surface area contributed by atoms with E-state index in [1.807, 2.05) is 0 Å². The van der Waals surface area contributed by atoms with E-state index in [1.165, 1.54) is 0 Å². The number of carboxylic acids is 1. The van der Waals surface area contributed by atoms with Crippen molar-refractivity contribution in [1.82, 2.24) is 0 Å². The number of allylic oxidation sites excluding steroid dienone is 2. The molecule has 0 heterocycles. The minimum absolute atomic E-state index is 0.0413. The van der Waals surface area contributed by atoms with Crippen LogP contribution in [-0.2, 0) is 14.4 Å². The predicted octanol–water partition coefficient (Wildman–Crippen LogP) is 4.47. The highest BCUT2D eigenvalue weighted by atomic mass is 16.4. The number of unbranched alkanes of at least 4 members (excludes halogenated alkanes) is 5. The van der Waals surface area contributed by atoms with E-state index in [0.29, 0.717) is 30.4 Å². The van der Waals surface area contributed by atoms with Crippen LogP contribution in [0.1, 0.15) is 85.0 Å². The molecule has 0 aromatic rings. The smallest absolute Gasteiger partial charge is 0.303 e. The molecule has 0 fully saturated rings. The van der Waals surface area contributed by atoms with Gasteiger partial charge in [-0.25, -0.2) is 0 Å². The molecule has 0 saturated carbocycles. The summed E-state index contributed by atoms with van der Waals surface area (Å²) >= 11 is 0. The number of rotatable bonds is 13. The van der Waals surface area contributed by atoms with Gasteiger partial charge in [-0.3, -0.25) is 14.4 Å². The van der Waals surface area contributed by atoms with Crippen molar-refractivity contribution in [2.24, 2.45) is 0 Å². The van der Waals surface area contributed by atoms with Crippen molar-refractivity contribution in [2.75, 3.05) is 0 Å². The summed E-state index contributed by atoms with van der Waals surface area (Å²) in [4.78, 5) is 34.4. The molecule has 0 aliphatic carbocycles. The Hall–Kier alpha value is -1.45. The Morgan fingerprint density at radius 3 is 1.50 bits per heavy atom. The lowest BCUT2D eigenvalue weighted by molar-refractivity contribution is -0.137. The van der Waals surface area contributed by atoms with Gasteiger partial charge in [-0.15, -0.1) is 0 Å². The van der Waals surface area contributed by atoms with Gasteiger partial charge in [0, 0.05) is 19.3 Å². The zero-order valence-corrected chi connectivity index (χ0v) is 14.2. The maximum atomic E-state index is 12.1. The van der Waals surface area contributed by atoms with Crippen molar-refractivity contribution in [3.05, 3.63) is 11.1 Å². The number of hydrogen-bond acceptors (Lipinski definition) is 3. The topological polar surface area (TPSA) is 71.4 Å². The van der Waals surface area contributed by atoms with Crippen LogP contribution < -0.4 is 0 Å². The van der Waals surface area contributed by atoms with Crippen LogP contribution in [0.25, 0.3) is 0 Å². The molecule has 0 spiro atoms. The Bertz CT molecular complexity index is 407. The highest BCUT2D eigenvalue weighted by Crippen LogP contribution is 2.14. The van der Waals surface area contributed by atoms with Crippen molar-refractivity contribution in [3.8, 4) is 0 Å². The fraction of sp³-hybridized carbons (Fsp3) is 0.722. The molecule has 0 radical (unpaired) electrons. The summed E-state index contributed by atoms with van der Waals surface area (Å²) in [7, 11) is 0. The van der Waals surface area contributed by atoms with E-state index in [1.54, 1.807) is 13.8 Å². The Kier molecular flexibility index (Phi) is 11.3. The number of Topliss-reactive ketones (excluding diaryl/α,β-unsaturated/α-hetero) is 2. The first-order chi connectivity index (χ1) is 10.4. The second kappa shape index (κ2) is 12.1. The van der Waals surface area contributed by atoms with Gasteiger partial charge in [0.1, 0.15) is 0 Å². The van der Waals surface area contributed by atoms with Gasteiger partial charge < -0.3 is 5.11 Å². The summed E-state index contributed by atoms with van der Waals surface area (Å²) in [5.74, 6) is -0.646. The zero-order valence-electron chi connectivity index (χ0n) is 14.2. The molecule has 1 N–H and O–H groups in total. The van der Waals surface area contributed by atoms with Gasteiger partial charge in [0.15, 0.2) is 11.6 Å². The minimum Gasteiger partial charge on any atom is -0.481 e. The Morgan fingerprint density at radius 1 is 0.682 bits per heavy atom. The van der Waals surface area contributed by atoms with Crippen LogP contribution in [0, 0.1) is 0 Å². The summed E-state index contributed by atoms with van der Waals surface area (Å²) in [6, 6.07) is 0. The van der Waals surface area contributed by atoms with Crippen LogP contribution in [0.3, 0.4) is 0 Å². The van der Waals surface area contributed by atoms with Crippen molar-refractivity contribution in [1.29, 1.82) is 0 Å². The van der Waals surface area contributed by atoms with Crippen molar-refractivity contribution >= 4 is 17.5 Å². The maximum Gasteiger partial charge on any atom is 0.303 e. The molecule has 4 heteroatoms. The maximum absolute atomic E-state index is 12.1. The first kappa shape index (κ1) is 20.6. The van der Waals surface area contributed by atoms with Crippen molar-refractivity contribution in [2.45, 2.75) is 85.0 Å². The van der Waals surface area contributed by atoms with E-state index in [9.17, 15) is 14.4 Å². The molecule has 0 aromatic carbocycles. The lowest BCUT2D eigenvalue weighted by Gasteiger charge is -2.07. The van der Waals surface area contributed by atoms with Gasteiger partial charge in [-0.1, -0.05) is 32.6 Å². The highest BCUT2D eigenvalue weighted by molar-refractivity contribution is 6.05. The monoisotopic (exact) mass is 310 g/mol. The average Bonchev–Trinajstić information content (AvgIpc) is 2.48. The molecule has 0 rings (SSSR count). The van der Waals surface area contributed by atoms with Gasteiger partial charge in [0.2, 0.25) is 0 Å². The first-order valence-corrected chi connectivity index (χ1v) is 8.35. The third-order valence-electron chi connectivity index (χ3n) is 3.95. The molecule has 0 bridgehead atoms. The second-order valence-corrected chi connectivity index (χ2v) is 5.86. The molecule has 0 atom stereocenters. The van der Waals surface area contributed by atoms with Crippen LogP contribution in [0.4, 0.5) is 0 Å². The summed E-state index contributed by atoms with van der Waals surface area (Å²) in [6.45, 7) is 5.58. The summed E-state index contributed by atoms with van der Waals surface area (Å²) in [6.07, 6.45) is 7.28. The molecule has 126 valence electrons. The average molecular weight is 310 g/mol. The molecule has 0 aliphatic heterocycles. The molecule has 0 aromatic heterocycles. The standard InChI is InChI=1S/C18H30O4/c1-4-5-8-11-16(19)14(2)15(3)17(20)12-9-6-7-10-13-18(21)22/h4-13H2,1-3H3,(H,21,22). The molecule has 0 unspecified atom stereocenters. The Labute approximate surface area is 134 Å². The number of carboxylic acid groups (broad SMARTS) is 1. The fourth-order valence-corrected chi connectivity index (χ4v) is 2.24. The fourth-order valence-electron chi connectivity index (χ4n) is 2.24. The quantitative estimate of drug-likeness (QED) is 0.402. The highest BCUT2D eigenvalue weighted by Gasteiger charge is 2.13. The zero-order chi connectivity index (χ0) is 17.0. The van der Waals surface area contributed by atoms with Crippen molar-refractivity contribution in [3.63, 3.8) is 0 Å². The van der Waals surface area contributed by atoms with E-state index < -0.39 is 5.97 Å². The minimum atomic E-state index is -0.771. The van der Waals surface area contributed by atoms with Gasteiger partial charge >= 0.3 is 5.97 Å². The van der Waals surface area contributed by atoms with Crippen LogP contribution >= 0.6 is 0 Å².